The zero-order chi connectivity index (χ0) is 15.4. The van der Waals surface area contributed by atoms with Gasteiger partial charge in [-0.1, -0.05) is 52.0 Å². The second-order valence-corrected chi connectivity index (χ2v) is 7.24. The first-order chi connectivity index (χ1) is 9.97. The third-order valence-corrected chi connectivity index (χ3v) is 4.52. The quantitative estimate of drug-likeness (QED) is 0.797. The second kappa shape index (κ2) is 8.51. The largest absolute Gasteiger partial charge is 0.375 e. The van der Waals surface area contributed by atoms with Crippen LogP contribution in [0.2, 0.25) is 0 Å². The maximum absolute atomic E-state index is 5.68. The van der Waals surface area contributed by atoms with E-state index in [1.165, 1.54) is 16.0 Å². The first-order valence-corrected chi connectivity index (χ1v) is 8.32. The number of hydrogen-bond donors (Lipinski definition) is 2. The maximum atomic E-state index is 5.68. The number of halogens is 1. The number of benzene rings is 1. The number of rotatable bonds is 6. The van der Waals surface area contributed by atoms with Crippen molar-refractivity contribution < 1.29 is 0 Å². The molecule has 5 heteroatoms. The van der Waals surface area contributed by atoms with Crippen molar-refractivity contribution in [1.82, 2.24) is 10.3 Å². The molecule has 0 aliphatic carbocycles. The number of nitrogens with zero attached hydrogens (tertiary/aromatic N) is 1. The van der Waals surface area contributed by atoms with Crippen molar-refractivity contribution in [2.75, 3.05) is 5.73 Å². The SMILES string of the molecule is CC(C)c1ccc(C(NCc2cnc(N)s2)C(C)C)cc1.Cl. The van der Waals surface area contributed by atoms with Gasteiger partial charge < -0.3 is 11.1 Å². The molecule has 0 aliphatic rings. The molecule has 2 aromatic rings. The van der Waals surface area contributed by atoms with E-state index in [1.54, 1.807) is 11.3 Å². The molecule has 0 saturated carbocycles. The van der Waals surface area contributed by atoms with Crippen LogP contribution in [-0.2, 0) is 6.54 Å². The standard InChI is InChI=1S/C17H25N3S.ClH/c1-11(2)13-5-7-14(8-6-13)16(12(3)4)19-9-15-10-20-17(18)21-15;/h5-8,10-12,16,19H,9H2,1-4H3,(H2,18,20);1H. The third-order valence-electron chi connectivity index (χ3n) is 3.70. The Balaban J connectivity index is 0.00000242. The number of aromatic nitrogens is 1. The molecule has 0 bridgehead atoms. The van der Waals surface area contributed by atoms with Gasteiger partial charge in [0.1, 0.15) is 0 Å². The van der Waals surface area contributed by atoms with E-state index >= 15 is 0 Å². The topological polar surface area (TPSA) is 50.9 Å². The van der Waals surface area contributed by atoms with Gasteiger partial charge in [-0.3, -0.25) is 0 Å². The van der Waals surface area contributed by atoms with Crippen molar-refractivity contribution in [1.29, 1.82) is 0 Å². The average molecular weight is 340 g/mol. The molecule has 3 N–H and O–H groups in total. The van der Waals surface area contributed by atoms with Crippen LogP contribution >= 0.6 is 23.7 Å². The summed E-state index contributed by atoms with van der Waals surface area (Å²) in [6.45, 7) is 9.75. The minimum absolute atomic E-state index is 0. The average Bonchev–Trinajstić information content (AvgIpc) is 2.85. The highest BCUT2D eigenvalue weighted by atomic mass is 35.5. The van der Waals surface area contributed by atoms with Gasteiger partial charge in [0.25, 0.3) is 0 Å². The highest BCUT2D eigenvalue weighted by Gasteiger charge is 2.16. The number of hydrogen-bond acceptors (Lipinski definition) is 4. The molecule has 1 aromatic heterocycles. The molecule has 0 spiro atoms. The molecule has 0 saturated heterocycles. The molecule has 0 radical (unpaired) electrons. The second-order valence-electron chi connectivity index (χ2n) is 6.09. The molecule has 0 fully saturated rings. The fourth-order valence-corrected chi connectivity index (χ4v) is 3.08. The third kappa shape index (κ3) is 4.97. The number of anilines is 1. The fourth-order valence-electron chi connectivity index (χ4n) is 2.44. The zero-order valence-electron chi connectivity index (χ0n) is 13.7. The fraction of sp³-hybridized carbons (Fsp3) is 0.471. The monoisotopic (exact) mass is 339 g/mol. The Hall–Kier alpha value is -1.10. The van der Waals surface area contributed by atoms with Crippen molar-refractivity contribution in [2.45, 2.75) is 46.2 Å². The first kappa shape index (κ1) is 18.9. The van der Waals surface area contributed by atoms with Crippen LogP contribution in [0.4, 0.5) is 5.13 Å². The van der Waals surface area contributed by atoms with Crippen LogP contribution in [0, 0.1) is 5.92 Å². The van der Waals surface area contributed by atoms with Gasteiger partial charge >= 0.3 is 0 Å². The number of nitrogens with one attached hydrogen (secondary N) is 1. The van der Waals surface area contributed by atoms with E-state index in [-0.39, 0.29) is 12.4 Å². The van der Waals surface area contributed by atoms with Crippen LogP contribution in [0.15, 0.2) is 30.5 Å². The molecule has 3 nitrogen and oxygen atoms in total. The number of nitrogen functional groups attached to an aromatic ring is 1. The summed E-state index contributed by atoms with van der Waals surface area (Å²) < 4.78 is 0. The first-order valence-electron chi connectivity index (χ1n) is 7.50. The van der Waals surface area contributed by atoms with Gasteiger partial charge in [0.15, 0.2) is 5.13 Å². The van der Waals surface area contributed by atoms with E-state index in [9.17, 15) is 0 Å². The lowest BCUT2D eigenvalue weighted by molar-refractivity contribution is 0.412. The van der Waals surface area contributed by atoms with Crippen LogP contribution in [-0.4, -0.2) is 4.98 Å². The summed E-state index contributed by atoms with van der Waals surface area (Å²) in [7, 11) is 0. The van der Waals surface area contributed by atoms with Crippen LogP contribution in [0.25, 0.3) is 0 Å². The van der Waals surface area contributed by atoms with E-state index < -0.39 is 0 Å². The van der Waals surface area contributed by atoms with Crippen LogP contribution in [0.5, 0.6) is 0 Å². The highest BCUT2D eigenvalue weighted by molar-refractivity contribution is 7.15. The van der Waals surface area contributed by atoms with Gasteiger partial charge in [-0.2, -0.15) is 0 Å². The van der Waals surface area contributed by atoms with Gasteiger partial charge in [0.2, 0.25) is 0 Å². The van der Waals surface area contributed by atoms with Gasteiger partial charge in [-0.25, -0.2) is 4.98 Å². The molecule has 1 unspecified atom stereocenters. The Kier molecular flexibility index (Phi) is 7.33. The smallest absolute Gasteiger partial charge is 0.180 e. The van der Waals surface area contributed by atoms with Gasteiger partial charge in [0.05, 0.1) is 0 Å². The zero-order valence-corrected chi connectivity index (χ0v) is 15.3. The van der Waals surface area contributed by atoms with Crippen LogP contribution in [0.3, 0.4) is 0 Å². The Labute approximate surface area is 143 Å². The summed E-state index contributed by atoms with van der Waals surface area (Å²) in [6.07, 6.45) is 1.85. The van der Waals surface area contributed by atoms with Crippen molar-refractivity contribution in [3.8, 4) is 0 Å². The van der Waals surface area contributed by atoms with E-state index in [0.29, 0.717) is 23.0 Å². The van der Waals surface area contributed by atoms with Crippen LogP contribution in [0.1, 0.15) is 55.7 Å². The Morgan fingerprint density at radius 3 is 2.14 bits per heavy atom. The Bertz CT molecular complexity index is 564. The molecule has 1 heterocycles. The minimum atomic E-state index is 0. The highest BCUT2D eigenvalue weighted by Crippen LogP contribution is 2.25. The predicted octanol–water partition coefficient (Wildman–Crippen LogP) is 4.76. The van der Waals surface area contributed by atoms with Gasteiger partial charge in [-0.05, 0) is 23.0 Å². The van der Waals surface area contributed by atoms with Crippen molar-refractivity contribution in [3.05, 3.63) is 46.5 Å². The van der Waals surface area contributed by atoms with Gasteiger partial charge in [-0.15, -0.1) is 23.7 Å². The molecule has 22 heavy (non-hydrogen) atoms. The summed E-state index contributed by atoms with van der Waals surface area (Å²) in [5.41, 5.74) is 8.41. The number of nitrogens with two attached hydrogens (primary N) is 1. The minimum Gasteiger partial charge on any atom is -0.375 e. The summed E-state index contributed by atoms with van der Waals surface area (Å²) >= 11 is 1.55. The predicted molar refractivity (Wildman–Crippen MR) is 98.7 cm³/mol. The summed E-state index contributed by atoms with van der Waals surface area (Å²) in [4.78, 5) is 5.28. The lowest BCUT2D eigenvalue weighted by Crippen LogP contribution is -2.25. The summed E-state index contributed by atoms with van der Waals surface area (Å²) in [5.74, 6) is 1.10. The lowest BCUT2D eigenvalue weighted by Gasteiger charge is -2.23. The van der Waals surface area contributed by atoms with E-state index in [2.05, 4.69) is 62.3 Å². The van der Waals surface area contributed by atoms with Crippen LogP contribution < -0.4 is 11.1 Å². The molecular formula is C17H26ClN3S. The van der Waals surface area contributed by atoms with Crippen molar-refractivity contribution >= 4 is 28.9 Å². The molecule has 0 aliphatic heterocycles. The molecule has 1 atom stereocenters. The summed E-state index contributed by atoms with van der Waals surface area (Å²) in [6, 6.07) is 9.31. The normalized spacial score (nSPS) is 12.5. The lowest BCUT2D eigenvalue weighted by atomic mass is 9.93. The van der Waals surface area contributed by atoms with E-state index in [0.717, 1.165) is 6.54 Å². The number of thiazole rings is 1. The molecule has 2 rings (SSSR count). The molecule has 0 amide bonds. The van der Waals surface area contributed by atoms with E-state index in [4.69, 9.17) is 5.73 Å². The van der Waals surface area contributed by atoms with Crippen molar-refractivity contribution in [2.24, 2.45) is 5.92 Å². The van der Waals surface area contributed by atoms with Gasteiger partial charge in [0, 0.05) is 23.7 Å². The van der Waals surface area contributed by atoms with Crippen molar-refractivity contribution in [3.63, 3.8) is 0 Å². The maximum Gasteiger partial charge on any atom is 0.180 e. The Morgan fingerprint density at radius 1 is 1.09 bits per heavy atom. The molecular weight excluding hydrogens is 314 g/mol. The molecule has 1 aromatic carbocycles. The molecule has 122 valence electrons. The summed E-state index contributed by atoms with van der Waals surface area (Å²) in [5, 5.41) is 4.26. The van der Waals surface area contributed by atoms with E-state index in [1.807, 2.05) is 6.20 Å². The Morgan fingerprint density at radius 2 is 1.68 bits per heavy atom.